The number of hydrogen-bond acceptors (Lipinski definition) is 7. The highest BCUT2D eigenvalue weighted by Crippen LogP contribution is 2.37. The number of aryl methyl sites for hydroxylation is 2. The van der Waals surface area contributed by atoms with Crippen molar-refractivity contribution in [3.8, 4) is 0 Å². The quantitative estimate of drug-likeness (QED) is 0.775. The average Bonchev–Trinajstić information content (AvgIpc) is 3.20. The van der Waals surface area contributed by atoms with E-state index < -0.39 is 0 Å². The molecule has 148 valence electrons. The van der Waals surface area contributed by atoms with Crippen molar-refractivity contribution in [3.05, 3.63) is 16.3 Å². The zero-order chi connectivity index (χ0) is 18.8. The largest absolute Gasteiger partial charge is 0.379 e. The molecule has 1 aliphatic heterocycles. The Morgan fingerprint density at radius 1 is 1.22 bits per heavy atom. The zero-order valence-corrected chi connectivity index (χ0v) is 18.2. The van der Waals surface area contributed by atoms with Crippen molar-refractivity contribution in [1.29, 1.82) is 0 Å². The van der Waals surface area contributed by atoms with Crippen molar-refractivity contribution < 1.29 is 4.74 Å². The molecule has 0 spiro atoms. The first kappa shape index (κ1) is 19.4. The standard InChI is InChI=1S/C20H30N4OS2/c1-4-26-16-7-5-6-15(16)21-19-18-13(2)14(3)27-20(18)23-17(22-19)12-24-8-10-25-11-9-24/h15-16H,4-12H2,1-3H3,(H,21,22,23). The maximum Gasteiger partial charge on any atom is 0.146 e. The molecule has 3 heterocycles. The number of thiophene rings is 1. The lowest BCUT2D eigenvalue weighted by molar-refractivity contribution is 0.0331. The third-order valence-electron chi connectivity index (χ3n) is 5.70. The molecule has 5 nitrogen and oxygen atoms in total. The smallest absolute Gasteiger partial charge is 0.146 e. The van der Waals surface area contributed by atoms with Gasteiger partial charge in [-0.2, -0.15) is 11.8 Å². The first-order valence-corrected chi connectivity index (χ1v) is 12.0. The van der Waals surface area contributed by atoms with E-state index in [1.54, 1.807) is 11.3 Å². The minimum atomic E-state index is 0.517. The van der Waals surface area contributed by atoms with Gasteiger partial charge in [-0.3, -0.25) is 4.90 Å². The summed E-state index contributed by atoms with van der Waals surface area (Å²) < 4.78 is 5.48. The maximum atomic E-state index is 5.48. The van der Waals surface area contributed by atoms with Gasteiger partial charge in [0.25, 0.3) is 0 Å². The first-order valence-electron chi connectivity index (χ1n) is 10.1. The van der Waals surface area contributed by atoms with Gasteiger partial charge in [0.2, 0.25) is 0 Å². The zero-order valence-electron chi connectivity index (χ0n) is 16.6. The third kappa shape index (κ3) is 4.26. The summed E-state index contributed by atoms with van der Waals surface area (Å²) in [4.78, 5) is 14.8. The Hall–Kier alpha value is -0.890. The number of nitrogens with one attached hydrogen (secondary N) is 1. The molecule has 2 fully saturated rings. The Kier molecular flexibility index (Phi) is 6.21. The van der Waals surface area contributed by atoms with Crippen LogP contribution in [0.5, 0.6) is 0 Å². The Bertz CT molecular complexity index is 788. The highest BCUT2D eigenvalue weighted by molar-refractivity contribution is 7.99. The summed E-state index contributed by atoms with van der Waals surface area (Å²) in [6, 6.07) is 0.517. The van der Waals surface area contributed by atoms with E-state index in [9.17, 15) is 0 Å². The first-order chi connectivity index (χ1) is 13.2. The van der Waals surface area contributed by atoms with Crippen LogP contribution in [0.3, 0.4) is 0 Å². The Labute approximate surface area is 170 Å². The van der Waals surface area contributed by atoms with Crippen LogP contribution in [0.25, 0.3) is 10.2 Å². The van der Waals surface area contributed by atoms with Crippen LogP contribution in [0.1, 0.15) is 42.5 Å². The maximum absolute atomic E-state index is 5.48. The van der Waals surface area contributed by atoms with Gasteiger partial charge in [0, 0.05) is 29.3 Å². The molecule has 2 atom stereocenters. The van der Waals surface area contributed by atoms with Crippen LogP contribution in [0.4, 0.5) is 5.82 Å². The highest BCUT2D eigenvalue weighted by atomic mass is 32.2. The van der Waals surface area contributed by atoms with E-state index >= 15 is 0 Å². The van der Waals surface area contributed by atoms with Crippen LogP contribution in [0.2, 0.25) is 0 Å². The highest BCUT2D eigenvalue weighted by Gasteiger charge is 2.28. The van der Waals surface area contributed by atoms with E-state index in [1.807, 2.05) is 0 Å². The lowest BCUT2D eigenvalue weighted by Crippen LogP contribution is -2.36. The van der Waals surface area contributed by atoms with Crippen LogP contribution >= 0.6 is 23.1 Å². The van der Waals surface area contributed by atoms with E-state index in [4.69, 9.17) is 14.7 Å². The third-order valence-corrected chi connectivity index (χ3v) is 8.13. The fourth-order valence-corrected chi connectivity index (χ4v) is 6.35. The monoisotopic (exact) mass is 406 g/mol. The predicted molar refractivity (Wildman–Crippen MR) is 116 cm³/mol. The molecule has 1 aliphatic carbocycles. The summed E-state index contributed by atoms with van der Waals surface area (Å²) in [5, 5.41) is 5.77. The number of anilines is 1. The SMILES string of the molecule is CCSC1CCCC1Nc1nc(CN2CCOCC2)nc2sc(C)c(C)c12. The molecular formula is C20H30N4OS2. The van der Waals surface area contributed by atoms with Crippen LogP contribution < -0.4 is 5.32 Å². The molecule has 7 heteroatoms. The molecular weight excluding hydrogens is 376 g/mol. The van der Waals surface area contributed by atoms with Gasteiger partial charge < -0.3 is 10.1 Å². The summed E-state index contributed by atoms with van der Waals surface area (Å²) in [5.41, 5.74) is 1.33. The average molecular weight is 407 g/mol. The fraction of sp³-hybridized carbons (Fsp3) is 0.700. The molecule has 0 aromatic carbocycles. The van der Waals surface area contributed by atoms with Crippen LogP contribution in [-0.2, 0) is 11.3 Å². The van der Waals surface area contributed by atoms with Gasteiger partial charge in [-0.05, 0) is 38.0 Å². The molecule has 2 aromatic rings. The van der Waals surface area contributed by atoms with E-state index in [0.717, 1.165) is 49.3 Å². The molecule has 0 bridgehead atoms. The fourth-order valence-electron chi connectivity index (χ4n) is 4.11. The topological polar surface area (TPSA) is 50.3 Å². The molecule has 27 heavy (non-hydrogen) atoms. The number of aromatic nitrogens is 2. The number of thioether (sulfide) groups is 1. The number of hydrogen-bond donors (Lipinski definition) is 1. The van der Waals surface area contributed by atoms with Gasteiger partial charge in [0.1, 0.15) is 16.5 Å². The van der Waals surface area contributed by atoms with Crippen molar-refractivity contribution >= 4 is 39.1 Å². The Morgan fingerprint density at radius 2 is 2.04 bits per heavy atom. The summed E-state index contributed by atoms with van der Waals surface area (Å²) in [5.74, 6) is 3.17. The predicted octanol–water partition coefficient (Wildman–Crippen LogP) is 4.23. The van der Waals surface area contributed by atoms with Crippen LogP contribution in [0, 0.1) is 13.8 Å². The van der Waals surface area contributed by atoms with Crippen LogP contribution in [0.15, 0.2) is 0 Å². The summed E-state index contributed by atoms with van der Waals surface area (Å²) in [7, 11) is 0. The van der Waals surface area contributed by atoms with Gasteiger partial charge >= 0.3 is 0 Å². The van der Waals surface area contributed by atoms with Crippen molar-refractivity contribution in [2.24, 2.45) is 0 Å². The molecule has 2 aromatic heterocycles. The molecule has 1 N–H and O–H groups in total. The van der Waals surface area contributed by atoms with Gasteiger partial charge in [-0.25, -0.2) is 9.97 Å². The summed E-state index contributed by atoms with van der Waals surface area (Å²) >= 11 is 3.89. The van der Waals surface area contributed by atoms with Crippen LogP contribution in [-0.4, -0.2) is 58.2 Å². The second kappa shape index (κ2) is 8.64. The molecule has 0 amide bonds. The summed E-state index contributed by atoms with van der Waals surface area (Å²) in [6.07, 6.45) is 3.86. The molecule has 2 aliphatic rings. The van der Waals surface area contributed by atoms with Gasteiger partial charge in [-0.1, -0.05) is 13.3 Å². The van der Waals surface area contributed by atoms with E-state index in [0.29, 0.717) is 11.3 Å². The minimum Gasteiger partial charge on any atom is -0.379 e. The van der Waals surface area contributed by atoms with E-state index in [1.165, 1.54) is 40.8 Å². The molecule has 2 unspecified atom stereocenters. The normalized spacial score (nSPS) is 24.0. The lowest BCUT2D eigenvalue weighted by Gasteiger charge is -2.26. The van der Waals surface area contributed by atoms with E-state index in [-0.39, 0.29) is 0 Å². The Balaban J connectivity index is 1.64. The van der Waals surface area contributed by atoms with Gasteiger partial charge in [0.15, 0.2) is 0 Å². The molecule has 1 saturated heterocycles. The van der Waals surface area contributed by atoms with Gasteiger partial charge in [0.05, 0.1) is 25.1 Å². The van der Waals surface area contributed by atoms with Crippen molar-refractivity contribution in [2.75, 3.05) is 37.4 Å². The second-order valence-corrected chi connectivity index (χ2v) is 10.2. The number of rotatable bonds is 6. The number of morpholine rings is 1. The molecule has 0 radical (unpaired) electrons. The second-order valence-electron chi connectivity index (χ2n) is 7.52. The van der Waals surface area contributed by atoms with Crippen molar-refractivity contribution in [2.45, 2.75) is 57.9 Å². The molecule has 1 saturated carbocycles. The Morgan fingerprint density at radius 3 is 2.81 bits per heavy atom. The van der Waals surface area contributed by atoms with Gasteiger partial charge in [-0.15, -0.1) is 11.3 Å². The lowest BCUT2D eigenvalue weighted by atomic mass is 10.2. The molecule has 4 rings (SSSR count). The van der Waals surface area contributed by atoms with Crippen molar-refractivity contribution in [1.82, 2.24) is 14.9 Å². The number of ether oxygens (including phenoxy) is 1. The summed E-state index contributed by atoms with van der Waals surface area (Å²) in [6.45, 7) is 11.0. The van der Waals surface area contributed by atoms with Crippen molar-refractivity contribution in [3.63, 3.8) is 0 Å². The van der Waals surface area contributed by atoms with E-state index in [2.05, 4.69) is 42.7 Å². The minimum absolute atomic E-state index is 0.517. The number of fused-ring (bicyclic) bond motifs is 1. The number of nitrogens with zero attached hydrogens (tertiary/aromatic N) is 3.